The van der Waals surface area contributed by atoms with E-state index < -0.39 is 0 Å². The van der Waals surface area contributed by atoms with Gasteiger partial charge in [0.25, 0.3) is 0 Å². The summed E-state index contributed by atoms with van der Waals surface area (Å²) in [5.74, 6) is 0.371. The summed E-state index contributed by atoms with van der Waals surface area (Å²) < 4.78 is 0.932. The Morgan fingerprint density at radius 3 is 2.31 bits per heavy atom. The Morgan fingerprint density at radius 2 is 1.69 bits per heavy atom. The van der Waals surface area contributed by atoms with E-state index in [2.05, 4.69) is 41.6 Å². The van der Waals surface area contributed by atoms with Gasteiger partial charge in [-0.2, -0.15) is 0 Å². The normalized spacial score (nSPS) is 10.4. The van der Waals surface area contributed by atoms with Crippen LogP contribution in [0.15, 0.2) is 36.4 Å². The summed E-state index contributed by atoms with van der Waals surface area (Å²) in [6.45, 7) is 4.09. The second kappa shape index (κ2) is 4.45. The largest absolute Gasteiger partial charge is 0.507 e. The number of hydrogen-bond acceptors (Lipinski definition) is 1. The lowest BCUT2D eigenvalue weighted by molar-refractivity contribution is 0.470. The van der Waals surface area contributed by atoms with Crippen molar-refractivity contribution in [1.29, 1.82) is 0 Å². The van der Waals surface area contributed by atoms with Crippen molar-refractivity contribution in [1.82, 2.24) is 0 Å². The molecule has 0 radical (unpaired) electrons. The zero-order valence-corrected chi connectivity index (χ0v) is 11.4. The zero-order chi connectivity index (χ0) is 11.7. The van der Waals surface area contributed by atoms with Gasteiger partial charge in [0, 0.05) is 0 Å². The Balaban J connectivity index is 2.71. The topological polar surface area (TPSA) is 20.2 Å². The van der Waals surface area contributed by atoms with Crippen LogP contribution in [0.5, 0.6) is 5.75 Å². The van der Waals surface area contributed by atoms with E-state index in [4.69, 9.17) is 0 Å². The van der Waals surface area contributed by atoms with Gasteiger partial charge in [0.15, 0.2) is 0 Å². The summed E-state index contributed by atoms with van der Waals surface area (Å²) in [5, 5.41) is 9.74. The molecule has 0 atom stereocenters. The molecule has 1 nitrogen and oxygen atoms in total. The third kappa shape index (κ3) is 1.94. The van der Waals surface area contributed by atoms with Gasteiger partial charge in [0.2, 0.25) is 0 Å². The van der Waals surface area contributed by atoms with E-state index in [9.17, 15) is 5.11 Å². The maximum Gasteiger partial charge on any atom is 0.129 e. The van der Waals surface area contributed by atoms with Crippen LogP contribution in [0.2, 0.25) is 0 Å². The molecule has 0 fully saturated rings. The first kappa shape index (κ1) is 11.5. The lowest BCUT2D eigenvalue weighted by Crippen LogP contribution is -1.92. The molecule has 0 bridgehead atoms. The first-order chi connectivity index (χ1) is 7.61. The molecule has 2 rings (SSSR count). The van der Waals surface area contributed by atoms with Crippen molar-refractivity contribution in [2.45, 2.75) is 13.8 Å². The molecule has 2 aromatic carbocycles. The SMILES string of the molecule is Cc1cc(O)c(I)c(C)c1-c1ccccc1. The number of aromatic hydroxyl groups is 1. The molecule has 0 aliphatic carbocycles. The third-order valence-electron chi connectivity index (χ3n) is 2.74. The molecule has 0 aromatic heterocycles. The second-order valence-electron chi connectivity index (χ2n) is 3.89. The summed E-state index contributed by atoms with van der Waals surface area (Å²) in [5.41, 5.74) is 4.68. The van der Waals surface area contributed by atoms with Crippen molar-refractivity contribution < 1.29 is 5.11 Å². The Hall–Kier alpha value is -1.03. The van der Waals surface area contributed by atoms with E-state index in [1.54, 1.807) is 0 Å². The standard InChI is InChI=1S/C14H13IO/c1-9-8-12(16)14(15)10(2)13(9)11-6-4-3-5-7-11/h3-8,16H,1-2H3. The fraction of sp³-hybridized carbons (Fsp3) is 0.143. The molecule has 0 heterocycles. The summed E-state index contributed by atoms with van der Waals surface area (Å²) in [4.78, 5) is 0. The highest BCUT2D eigenvalue weighted by molar-refractivity contribution is 14.1. The van der Waals surface area contributed by atoms with Crippen LogP contribution in [-0.4, -0.2) is 5.11 Å². The van der Waals surface area contributed by atoms with Gasteiger partial charge in [-0.05, 0) is 64.8 Å². The van der Waals surface area contributed by atoms with Gasteiger partial charge in [-0.1, -0.05) is 30.3 Å². The number of aryl methyl sites for hydroxylation is 1. The molecule has 82 valence electrons. The van der Waals surface area contributed by atoms with Crippen LogP contribution in [0.3, 0.4) is 0 Å². The van der Waals surface area contributed by atoms with Crippen molar-refractivity contribution in [2.75, 3.05) is 0 Å². The Bertz CT molecular complexity index is 518. The fourth-order valence-electron chi connectivity index (χ4n) is 1.99. The van der Waals surface area contributed by atoms with E-state index in [1.165, 1.54) is 11.1 Å². The first-order valence-electron chi connectivity index (χ1n) is 5.15. The van der Waals surface area contributed by atoms with E-state index in [0.29, 0.717) is 5.75 Å². The predicted molar refractivity (Wildman–Crippen MR) is 75.7 cm³/mol. The molecular formula is C14H13IO. The van der Waals surface area contributed by atoms with E-state index in [0.717, 1.165) is 14.7 Å². The quantitative estimate of drug-likeness (QED) is 0.776. The van der Waals surface area contributed by atoms with Crippen molar-refractivity contribution in [3.05, 3.63) is 51.1 Å². The van der Waals surface area contributed by atoms with E-state index in [1.807, 2.05) is 31.2 Å². The van der Waals surface area contributed by atoms with Crippen LogP contribution in [0.25, 0.3) is 11.1 Å². The van der Waals surface area contributed by atoms with Crippen LogP contribution in [0.4, 0.5) is 0 Å². The zero-order valence-electron chi connectivity index (χ0n) is 9.29. The lowest BCUT2D eigenvalue weighted by Gasteiger charge is -2.13. The van der Waals surface area contributed by atoms with Crippen LogP contribution < -0.4 is 0 Å². The monoisotopic (exact) mass is 324 g/mol. The van der Waals surface area contributed by atoms with Crippen LogP contribution >= 0.6 is 22.6 Å². The molecule has 0 aliphatic rings. The predicted octanol–water partition coefficient (Wildman–Crippen LogP) is 4.28. The van der Waals surface area contributed by atoms with Gasteiger partial charge in [-0.25, -0.2) is 0 Å². The smallest absolute Gasteiger partial charge is 0.129 e. The molecule has 2 heteroatoms. The van der Waals surface area contributed by atoms with Crippen LogP contribution in [-0.2, 0) is 0 Å². The molecule has 0 aliphatic heterocycles. The minimum absolute atomic E-state index is 0.371. The minimum atomic E-state index is 0.371. The molecule has 16 heavy (non-hydrogen) atoms. The fourth-order valence-corrected chi connectivity index (χ4v) is 2.41. The van der Waals surface area contributed by atoms with Gasteiger partial charge in [-0.3, -0.25) is 0 Å². The average Bonchev–Trinajstić information content (AvgIpc) is 2.28. The van der Waals surface area contributed by atoms with Gasteiger partial charge < -0.3 is 5.11 Å². The molecule has 2 aromatic rings. The summed E-state index contributed by atoms with van der Waals surface area (Å²) >= 11 is 2.19. The van der Waals surface area contributed by atoms with Gasteiger partial charge in [-0.15, -0.1) is 0 Å². The highest BCUT2D eigenvalue weighted by atomic mass is 127. The number of benzene rings is 2. The number of phenols is 1. The molecule has 0 unspecified atom stereocenters. The first-order valence-corrected chi connectivity index (χ1v) is 6.23. The Morgan fingerprint density at radius 1 is 1.06 bits per heavy atom. The average molecular weight is 324 g/mol. The van der Waals surface area contributed by atoms with Gasteiger partial charge in [0.05, 0.1) is 3.57 Å². The maximum atomic E-state index is 9.74. The third-order valence-corrected chi connectivity index (χ3v) is 4.10. The Labute approximate surface area is 109 Å². The summed E-state index contributed by atoms with van der Waals surface area (Å²) in [6.07, 6.45) is 0. The van der Waals surface area contributed by atoms with Gasteiger partial charge in [0.1, 0.15) is 5.75 Å². The summed E-state index contributed by atoms with van der Waals surface area (Å²) in [6, 6.07) is 12.1. The van der Waals surface area contributed by atoms with Crippen LogP contribution in [0, 0.1) is 17.4 Å². The molecular weight excluding hydrogens is 311 g/mol. The lowest BCUT2D eigenvalue weighted by atomic mass is 9.95. The van der Waals surface area contributed by atoms with Crippen molar-refractivity contribution in [3.8, 4) is 16.9 Å². The second-order valence-corrected chi connectivity index (χ2v) is 4.97. The van der Waals surface area contributed by atoms with Gasteiger partial charge >= 0.3 is 0 Å². The number of phenolic OH excluding ortho intramolecular Hbond substituents is 1. The van der Waals surface area contributed by atoms with E-state index in [-0.39, 0.29) is 0 Å². The van der Waals surface area contributed by atoms with Crippen LogP contribution in [0.1, 0.15) is 11.1 Å². The highest BCUT2D eigenvalue weighted by Crippen LogP contribution is 2.34. The molecule has 0 saturated carbocycles. The number of halogens is 1. The molecule has 0 amide bonds. The molecule has 0 spiro atoms. The van der Waals surface area contributed by atoms with Crippen molar-refractivity contribution in [3.63, 3.8) is 0 Å². The maximum absolute atomic E-state index is 9.74. The molecule has 0 saturated heterocycles. The summed E-state index contributed by atoms with van der Waals surface area (Å²) in [7, 11) is 0. The van der Waals surface area contributed by atoms with Crippen molar-refractivity contribution in [2.24, 2.45) is 0 Å². The van der Waals surface area contributed by atoms with Crippen molar-refractivity contribution >= 4 is 22.6 Å². The minimum Gasteiger partial charge on any atom is -0.507 e. The Kier molecular flexibility index (Phi) is 3.19. The number of rotatable bonds is 1. The molecule has 1 N–H and O–H groups in total. The number of hydrogen-bond donors (Lipinski definition) is 1. The van der Waals surface area contributed by atoms with E-state index >= 15 is 0 Å². The highest BCUT2D eigenvalue weighted by Gasteiger charge is 2.11.